The Bertz CT molecular complexity index is 1350. The molecular formula is C20H16ClN5O3S. The van der Waals surface area contributed by atoms with E-state index >= 15 is 0 Å². The fourth-order valence-corrected chi connectivity index (χ4v) is 4.05. The minimum atomic E-state index is -4.06. The summed E-state index contributed by atoms with van der Waals surface area (Å²) in [5, 5.41) is 9.52. The summed E-state index contributed by atoms with van der Waals surface area (Å²) in [5.41, 5.74) is 0.955. The molecule has 0 unspecified atom stereocenters. The van der Waals surface area contributed by atoms with Gasteiger partial charge in [0.05, 0.1) is 11.3 Å². The Morgan fingerprint density at radius 2 is 2.00 bits per heavy atom. The lowest BCUT2D eigenvalue weighted by atomic mass is 10.1. The molecule has 2 heterocycles. The molecule has 10 heteroatoms. The summed E-state index contributed by atoms with van der Waals surface area (Å²) in [6.45, 7) is 0. The molecule has 0 saturated heterocycles. The normalized spacial score (nSPS) is 11.5. The van der Waals surface area contributed by atoms with E-state index in [-0.39, 0.29) is 17.2 Å². The molecule has 0 atom stereocenters. The van der Waals surface area contributed by atoms with Gasteiger partial charge in [-0.2, -0.15) is 0 Å². The first-order valence-electron chi connectivity index (χ1n) is 8.79. The van der Waals surface area contributed by atoms with E-state index in [4.69, 9.17) is 16.7 Å². The Morgan fingerprint density at radius 1 is 1.20 bits per heavy atom. The van der Waals surface area contributed by atoms with Crippen LogP contribution in [0.15, 0.2) is 72.3 Å². The maximum atomic E-state index is 12.5. The van der Waals surface area contributed by atoms with Gasteiger partial charge in [0.25, 0.3) is 0 Å². The van der Waals surface area contributed by atoms with Crippen molar-refractivity contribution in [2.45, 2.75) is 11.3 Å². The number of benzene rings is 2. The van der Waals surface area contributed by atoms with Crippen molar-refractivity contribution in [3.05, 3.63) is 78.0 Å². The number of fused-ring (bicyclic) bond motifs is 1. The highest BCUT2D eigenvalue weighted by atomic mass is 35.5. The summed E-state index contributed by atoms with van der Waals surface area (Å²) in [7, 11) is -4.06. The van der Waals surface area contributed by atoms with E-state index in [2.05, 4.69) is 15.3 Å². The Kier molecular flexibility index (Phi) is 5.25. The predicted molar refractivity (Wildman–Crippen MR) is 114 cm³/mol. The number of nitrogens with one attached hydrogen (secondary N) is 1. The van der Waals surface area contributed by atoms with Crippen molar-refractivity contribution in [1.29, 1.82) is 0 Å². The number of halogens is 1. The summed E-state index contributed by atoms with van der Waals surface area (Å²) >= 11 is 6.10. The maximum absolute atomic E-state index is 12.5. The summed E-state index contributed by atoms with van der Waals surface area (Å²) in [6.07, 6.45) is 6.38. The van der Waals surface area contributed by atoms with Gasteiger partial charge < -0.3 is 5.32 Å². The molecule has 2 aromatic carbocycles. The molecule has 0 spiro atoms. The Hall–Kier alpha value is -3.27. The molecule has 0 fully saturated rings. The molecule has 4 aromatic rings. The van der Waals surface area contributed by atoms with Crippen LogP contribution in [0.3, 0.4) is 0 Å². The topological polar surface area (TPSA) is 120 Å². The van der Waals surface area contributed by atoms with Gasteiger partial charge >= 0.3 is 0 Å². The molecule has 0 radical (unpaired) electrons. The SMILES string of the molecule is NS(=O)(=O)c1cc(NC(=O)Cc2ccccc2Cl)cc2cnc(-n3ccnc3)cc12. The lowest BCUT2D eigenvalue weighted by Gasteiger charge is -2.12. The van der Waals surface area contributed by atoms with Crippen molar-refractivity contribution in [1.82, 2.24) is 14.5 Å². The van der Waals surface area contributed by atoms with Gasteiger partial charge in [0.15, 0.2) is 0 Å². The Labute approximate surface area is 177 Å². The van der Waals surface area contributed by atoms with Gasteiger partial charge in [-0.25, -0.2) is 23.5 Å². The lowest BCUT2D eigenvalue weighted by Crippen LogP contribution is -2.17. The van der Waals surface area contributed by atoms with Gasteiger partial charge in [-0.05, 0) is 29.8 Å². The minimum Gasteiger partial charge on any atom is -0.326 e. The number of nitrogens with zero attached hydrogens (tertiary/aromatic N) is 3. The molecule has 152 valence electrons. The van der Waals surface area contributed by atoms with Crippen molar-refractivity contribution >= 4 is 44.0 Å². The van der Waals surface area contributed by atoms with Gasteiger partial charge in [-0.1, -0.05) is 29.8 Å². The average Bonchev–Trinajstić information content (AvgIpc) is 3.23. The number of imidazole rings is 1. The Balaban J connectivity index is 1.72. The van der Waals surface area contributed by atoms with Gasteiger partial charge in [0.1, 0.15) is 12.1 Å². The number of hydrogen-bond donors (Lipinski definition) is 2. The van der Waals surface area contributed by atoms with Crippen LogP contribution < -0.4 is 10.5 Å². The second-order valence-corrected chi connectivity index (χ2v) is 8.51. The van der Waals surface area contributed by atoms with E-state index in [0.717, 1.165) is 0 Å². The second-order valence-electron chi connectivity index (χ2n) is 6.57. The highest BCUT2D eigenvalue weighted by Crippen LogP contribution is 2.28. The summed E-state index contributed by atoms with van der Waals surface area (Å²) in [6, 6.07) is 11.6. The number of amides is 1. The quantitative estimate of drug-likeness (QED) is 0.493. The monoisotopic (exact) mass is 441 g/mol. The molecule has 4 rings (SSSR count). The van der Waals surface area contributed by atoms with E-state index in [0.29, 0.717) is 32.9 Å². The zero-order valence-electron chi connectivity index (χ0n) is 15.5. The molecule has 0 aliphatic rings. The molecule has 2 aromatic heterocycles. The first-order chi connectivity index (χ1) is 14.3. The predicted octanol–water partition coefficient (Wildman–Crippen LogP) is 2.90. The highest BCUT2D eigenvalue weighted by Gasteiger charge is 2.17. The van der Waals surface area contributed by atoms with Crippen molar-refractivity contribution in [3.8, 4) is 5.82 Å². The van der Waals surface area contributed by atoms with Gasteiger partial charge in [-0.3, -0.25) is 9.36 Å². The van der Waals surface area contributed by atoms with Gasteiger partial charge in [0.2, 0.25) is 15.9 Å². The zero-order chi connectivity index (χ0) is 21.3. The first-order valence-corrected chi connectivity index (χ1v) is 10.7. The van der Waals surface area contributed by atoms with Crippen LogP contribution in [-0.4, -0.2) is 28.9 Å². The molecule has 0 aliphatic heterocycles. The second kappa shape index (κ2) is 7.86. The van der Waals surface area contributed by atoms with Crippen LogP contribution in [-0.2, 0) is 21.2 Å². The van der Waals surface area contributed by atoms with Gasteiger partial charge in [0, 0.05) is 40.1 Å². The molecule has 1 amide bonds. The van der Waals surface area contributed by atoms with E-state index in [9.17, 15) is 13.2 Å². The maximum Gasteiger partial charge on any atom is 0.238 e. The highest BCUT2D eigenvalue weighted by molar-refractivity contribution is 7.89. The molecular weight excluding hydrogens is 426 g/mol. The van der Waals surface area contributed by atoms with E-state index < -0.39 is 10.0 Å². The number of hydrogen-bond acceptors (Lipinski definition) is 5. The zero-order valence-corrected chi connectivity index (χ0v) is 17.1. The molecule has 30 heavy (non-hydrogen) atoms. The fourth-order valence-electron chi connectivity index (χ4n) is 3.07. The minimum absolute atomic E-state index is 0.0419. The first kappa shape index (κ1) is 20.0. The third kappa shape index (κ3) is 4.18. The van der Waals surface area contributed by atoms with Crippen LogP contribution in [0.4, 0.5) is 5.69 Å². The number of anilines is 1. The molecule has 8 nitrogen and oxygen atoms in total. The smallest absolute Gasteiger partial charge is 0.238 e. The number of carbonyl (C=O) groups is 1. The summed E-state index contributed by atoms with van der Waals surface area (Å²) in [4.78, 5) is 20.6. The third-order valence-corrected chi connectivity index (χ3v) is 5.77. The summed E-state index contributed by atoms with van der Waals surface area (Å²) < 4.78 is 26.1. The van der Waals surface area contributed by atoms with Crippen LogP contribution in [0, 0.1) is 0 Å². The number of carbonyl (C=O) groups excluding carboxylic acids is 1. The molecule has 0 aliphatic carbocycles. The van der Waals surface area contributed by atoms with Crippen molar-refractivity contribution in [3.63, 3.8) is 0 Å². The molecule has 0 saturated carbocycles. The van der Waals surface area contributed by atoms with E-state index in [1.54, 1.807) is 59.7 Å². The number of nitrogens with two attached hydrogens (primary N) is 1. The third-order valence-electron chi connectivity index (χ3n) is 4.45. The molecule has 0 bridgehead atoms. The number of primary sulfonamides is 1. The fraction of sp³-hybridized carbons (Fsp3) is 0.0500. The van der Waals surface area contributed by atoms with Crippen LogP contribution in [0.25, 0.3) is 16.6 Å². The van der Waals surface area contributed by atoms with Crippen molar-refractivity contribution in [2.24, 2.45) is 5.14 Å². The van der Waals surface area contributed by atoms with Crippen molar-refractivity contribution in [2.75, 3.05) is 5.32 Å². The van der Waals surface area contributed by atoms with E-state index in [1.807, 2.05) is 0 Å². The number of sulfonamides is 1. The van der Waals surface area contributed by atoms with Crippen LogP contribution in [0.2, 0.25) is 5.02 Å². The summed E-state index contributed by atoms with van der Waals surface area (Å²) in [5.74, 6) is 0.145. The number of aromatic nitrogens is 3. The Morgan fingerprint density at radius 3 is 2.70 bits per heavy atom. The van der Waals surface area contributed by atoms with Crippen LogP contribution >= 0.6 is 11.6 Å². The number of rotatable bonds is 5. The lowest BCUT2D eigenvalue weighted by molar-refractivity contribution is -0.115. The van der Waals surface area contributed by atoms with E-state index in [1.165, 1.54) is 12.3 Å². The largest absolute Gasteiger partial charge is 0.326 e. The number of pyridine rings is 1. The standard InChI is InChI=1S/C20H16ClN5O3S/c21-17-4-2-1-3-13(17)8-20(27)25-15-7-14-11-24-19(26-6-5-23-12-26)10-16(14)18(9-15)30(22,28)29/h1-7,9-12H,8H2,(H,25,27)(H2,22,28,29). The molecule has 3 N–H and O–H groups in total. The van der Waals surface area contributed by atoms with Crippen molar-refractivity contribution < 1.29 is 13.2 Å². The van der Waals surface area contributed by atoms with Crippen LogP contribution in [0.5, 0.6) is 0 Å². The van der Waals surface area contributed by atoms with Gasteiger partial charge in [-0.15, -0.1) is 0 Å². The average molecular weight is 442 g/mol. The van der Waals surface area contributed by atoms with Crippen LogP contribution in [0.1, 0.15) is 5.56 Å².